The van der Waals surface area contributed by atoms with E-state index in [1.807, 2.05) is 6.92 Å². The lowest BCUT2D eigenvalue weighted by atomic mass is 10.5. The highest BCUT2D eigenvalue weighted by Crippen LogP contribution is 2.23. The maximum atomic E-state index is 5.21. The van der Waals surface area contributed by atoms with E-state index < -0.39 is 0 Å². The van der Waals surface area contributed by atoms with Crippen molar-refractivity contribution in [3.8, 4) is 0 Å². The van der Waals surface area contributed by atoms with Crippen molar-refractivity contribution in [2.24, 2.45) is 5.84 Å². The zero-order valence-corrected chi connectivity index (χ0v) is 10.9. The molecule has 6 nitrogen and oxygen atoms in total. The van der Waals surface area contributed by atoms with Crippen LogP contribution in [-0.4, -0.2) is 19.3 Å². The van der Waals surface area contributed by atoms with Gasteiger partial charge >= 0.3 is 0 Å². The third-order valence-corrected chi connectivity index (χ3v) is 3.87. The van der Waals surface area contributed by atoms with Crippen LogP contribution in [0.3, 0.4) is 0 Å². The van der Waals surface area contributed by atoms with Gasteiger partial charge in [0.05, 0.1) is 18.1 Å². The van der Waals surface area contributed by atoms with Crippen molar-refractivity contribution >= 4 is 29.1 Å². The van der Waals surface area contributed by atoms with Gasteiger partial charge in [0.2, 0.25) is 0 Å². The Morgan fingerprint density at radius 2 is 2.29 bits per heavy atom. The van der Waals surface area contributed by atoms with Gasteiger partial charge in [0.25, 0.3) is 0 Å². The number of anilines is 1. The van der Waals surface area contributed by atoms with Crippen molar-refractivity contribution in [3.05, 3.63) is 23.9 Å². The Morgan fingerprint density at radius 3 is 2.88 bits per heavy atom. The summed E-state index contributed by atoms with van der Waals surface area (Å²) in [7, 11) is 0. The van der Waals surface area contributed by atoms with Gasteiger partial charge in [0.1, 0.15) is 5.82 Å². The number of nitrogen functional groups attached to an aromatic ring is 1. The fraction of sp³-hybridized carbons (Fsp3) is 0.333. The number of nitrogens with two attached hydrogens (primary N) is 1. The first kappa shape index (κ1) is 12.2. The maximum absolute atomic E-state index is 5.21. The first-order valence-electron chi connectivity index (χ1n) is 5.04. The molecule has 2 rings (SSSR count). The van der Waals surface area contributed by atoms with Gasteiger partial charge in [-0.1, -0.05) is 18.7 Å². The molecule has 2 aromatic rings. The molecule has 0 aliphatic carbocycles. The number of hydrogen-bond acceptors (Lipinski definition) is 8. The molecule has 17 heavy (non-hydrogen) atoms. The predicted octanol–water partition coefficient (Wildman–Crippen LogP) is 1.47. The number of rotatable bonds is 5. The number of nitrogens with zero attached hydrogens (tertiary/aromatic N) is 4. The lowest BCUT2D eigenvalue weighted by Crippen LogP contribution is -2.08. The molecule has 0 spiro atoms. The number of nitrogens with one attached hydrogen (secondary N) is 1. The van der Waals surface area contributed by atoms with Gasteiger partial charge in [-0.05, 0) is 11.5 Å². The Bertz CT molecular complexity index is 469. The quantitative estimate of drug-likeness (QED) is 0.482. The van der Waals surface area contributed by atoms with E-state index in [4.69, 9.17) is 5.84 Å². The van der Waals surface area contributed by atoms with Crippen LogP contribution >= 0.6 is 23.3 Å². The summed E-state index contributed by atoms with van der Waals surface area (Å²) in [5.74, 6) is 7.39. The number of aromatic nitrogens is 4. The van der Waals surface area contributed by atoms with E-state index in [0.29, 0.717) is 5.82 Å². The van der Waals surface area contributed by atoms with E-state index in [2.05, 4.69) is 24.8 Å². The average Bonchev–Trinajstić information content (AvgIpc) is 2.85. The van der Waals surface area contributed by atoms with Crippen LogP contribution in [0.15, 0.2) is 16.7 Å². The molecule has 8 heteroatoms. The molecule has 2 heterocycles. The molecule has 0 aliphatic heterocycles. The highest BCUT2D eigenvalue weighted by molar-refractivity contribution is 8.00. The molecule has 0 amide bonds. The Labute approximate surface area is 107 Å². The number of aryl methyl sites for hydroxylation is 1. The van der Waals surface area contributed by atoms with Gasteiger partial charge in [-0.25, -0.2) is 15.8 Å². The molecule has 0 aliphatic rings. The molecule has 0 aromatic carbocycles. The topological polar surface area (TPSA) is 89.6 Å². The molecule has 3 N–H and O–H groups in total. The second-order valence-corrected chi connectivity index (χ2v) is 5.13. The summed E-state index contributed by atoms with van der Waals surface area (Å²) in [5.41, 5.74) is 3.33. The lowest BCUT2D eigenvalue weighted by molar-refractivity contribution is 0.971. The van der Waals surface area contributed by atoms with Crippen molar-refractivity contribution in [1.82, 2.24) is 19.3 Å². The van der Waals surface area contributed by atoms with E-state index in [1.54, 1.807) is 24.2 Å². The average molecular weight is 268 g/mol. The number of thioether (sulfide) groups is 1. The van der Waals surface area contributed by atoms with E-state index >= 15 is 0 Å². The van der Waals surface area contributed by atoms with Crippen LogP contribution in [0, 0.1) is 0 Å². The van der Waals surface area contributed by atoms with Gasteiger partial charge < -0.3 is 5.43 Å². The summed E-state index contributed by atoms with van der Waals surface area (Å²) in [5, 5.41) is 0. The Morgan fingerprint density at radius 1 is 1.41 bits per heavy atom. The highest BCUT2D eigenvalue weighted by Gasteiger charge is 2.04. The third kappa shape index (κ3) is 3.35. The zero-order valence-electron chi connectivity index (χ0n) is 9.25. The van der Waals surface area contributed by atoms with E-state index in [-0.39, 0.29) is 0 Å². The zero-order chi connectivity index (χ0) is 12.1. The van der Waals surface area contributed by atoms with Crippen LogP contribution < -0.4 is 11.3 Å². The Balaban J connectivity index is 1.92. The van der Waals surface area contributed by atoms with Crippen LogP contribution in [0.4, 0.5) is 5.82 Å². The molecule has 0 bridgehead atoms. The summed E-state index contributed by atoms with van der Waals surface area (Å²) in [4.78, 5) is 12.7. The number of hydrogen-bond donors (Lipinski definition) is 2. The van der Waals surface area contributed by atoms with Crippen LogP contribution in [0.25, 0.3) is 0 Å². The SMILES string of the molecule is CCc1nsc(SCc2cnc(NN)cn2)n1. The first-order valence-corrected chi connectivity index (χ1v) is 6.80. The van der Waals surface area contributed by atoms with Gasteiger partial charge in [-0.15, -0.1) is 0 Å². The van der Waals surface area contributed by atoms with Crippen LogP contribution in [-0.2, 0) is 12.2 Å². The molecular formula is C9H12N6S2. The van der Waals surface area contributed by atoms with Gasteiger partial charge in [0, 0.05) is 12.2 Å². The molecule has 2 aromatic heterocycles. The smallest absolute Gasteiger partial charge is 0.170 e. The van der Waals surface area contributed by atoms with Gasteiger partial charge in [-0.3, -0.25) is 4.98 Å². The van der Waals surface area contributed by atoms with E-state index in [0.717, 1.165) is 28.0 Å². The minimum absolute atomic E-state index is 0.558. The monoisotopic (exact) mass is 268 g/mol. The van der Waals surface area contributed by atoms with Crippen LogP contribution in [0.1, 0.15) is 18.4 Å². The van der Waals surface area contributed by atoms with E-state index in [9.17, 15) is 0 Å². The summed E-state index contributed by atoms with van der Waals surface area (Å²) < 4.78 is 5.18. The first-order chi connectivity index (χ1) is 8.31. The van der Waals surface area contributed by atoms with Crippen molar-refractivity contribution in [3.63, 3.8) is 0 Å². The molecule has 0 saturated carbocycles. The van der Waals surface area contributed by atoms with E-state index in [1.165, 1.54) is 11.5 Å². The molecule has 90 valence electrons. The fourth-order valence-electron chi connectivity index (χ4n) is 1.08. The van der Waals surface area contributed by atoms with Gasteiger partial charge in [-0.2, -0.15) is 4.37 Å². The van der Waals surface area contributed by atoms with Crippen molar-refractivity contribution in [2.75, 3.05) is 5.43 Å². The second kappa shape index (κ2) is 5.89. The normalized spacial score (nSPS) is 10.5. The van der Waals surface area contributed by atoms with Gasteiger partial charge in [0.15, 0.2) is 10.2 Å². The Kier molecular flexibility index (Phi) is 4.24. The van der Waals surface area contributed by atoms with Crippen LogP contribution in [0.5, 0.6) is 0 Å². The minimum Gasteiger partial charge on any atom is -0.307 e. The summed E-state index contributed by atoms with van der Waals surface area (Å²) in [6, 6.07) is 0. The lowest BCUT2D eigenvalue weighted by Gasteiger charge is -2.00. The summed E-state index contributed by atoms with van der Waals surface area (Å²) >= 11 is 3.04. The number of hydrazine groups is 1. The van der Waals surface area contributed by atoms with Crippen LogP contribution in [0.2, 0.25) is 0 Å². The molecule has 0 unspecified atom stereocenters. The molecular weight excluding hydrogens is 256 g/mol. The third-order valence-electron chi connectivity index (χ3n) is 1.96. The predicted molar refractivity (Wildman–Crippen MR) is 68.7 cm³/mol. The van der Waals surface area contributed by atoms with Crippen molar-refractivity contribution in [2.45, 2.75) is 23.4 Å². The summed E-state index contributed by atoms with van der Waals surface area (Å²) in [6.45, 7) is 2.04. The maximum Gasteiger partial charge on any atom is 0.170 e. The largest absolute Gasteiger partial charge is 0.307 e. The highest BCUT2D eigenvalue weighted by atomic mass is 32.2. The van der Waals surface area contributed by atoms with Crippen molar-refractivity contribution in [1.29, 1.82) is 0 Å². The fourth-order valence-corrected chi connectivity index (χ4v) is 2.67. The summed E-state index contributed by atoms with van der Waals surface area (Å²) in [6.07, 6.45) is 4.17. The molecule has 0 fully saturated rings. The molecule has 0 radical (unpaired) electrons. The molecule has 0 atom stereocenters. The Hall–Kier alpha value is -1.25. The minimum atomic E-state index is 0.558. The second-order valence-electron chi connectivity index (χ2n) is 3.16. The standard InChI is InChI=1S/C9H12N6S2/c1-2-7-13-9(17-15-7)16-5-6-3-12-8(14-10)4-11-6/h3-4H,2,5,10H2,1H3,(H,12,14). The molecule has 0 saturated heterocycles. The van der Waals surface area contributed by atoms with Crippen molar-refractivity contribution < 1.29 is 0 Å².